The van der Waals surface area contributed by atoms with Crippen LogP contribution in [0.2, 0.25) is 39.3 Å². The van der Waals surface area contributed by atoms with Gasteiger partial charge in [0.2, 0.25) is 0 Å². The molecule has 0 N–H and O–H groups in total. The van der Waals surface area contributed by atoms with Crippen LogP contribution in [0.3, 0.4) is 0 Å². The second kappa shape index (κ2) is 15.2. The Morgan fingerprint density at radius 2 is 0.849 bits per heavy atom. The molecule has 0 spiro atoms. The third-order valence-electron chi connectivity index (χ3n) is 10.6. The molecule has 268 valence electrons. The van der Waals surface area contributed by atoms with E-state index in [4.69, 9.17) is 8.83 Å². The van der Waals surface area contributed by atoms with Gasteiger partial charge in [-0.3, -0.25) is 0 Å². The molecule has 6 aromatic rings. The first-order valence-corrected chi connectivity index (χ1v) is 28.0. The Morgan fingerprint density at radius 3 is 1.17 bits per heavy atom. The van der Waals surface area contributed by atoms with Crippen molar-refractivity contribution < 1.29 is 56.9 Å². The summed E-state index contributed by atoms with van der Waals surface area (Å²) in [5, 5.41) is 2.98. The summed E-state index contributed by atoms with van der Waals surface area (Å²) in [5.74, 6) is 3.92. The molecule has 2 nitrogen and oxygen atoms in total. The Hall–Kier alpha value is -3.18. The molecule has 4 aromatic carbocycles. The molecule has 2 heterocycles. The van der Waals surface area contributed by atoms with E-state index in [2.05, 4.69) is 174 Å². The minimum absolute atomic E-state index is 0. The fraction of sp³-hybridized carbons (Fsp3) is 0.217. The predicted octanol–water partition coefficient (Wildman–Crippen LogP) is 5.90. The van der Waals surface area contributed by atoms with E-state index in [1.165, 1.54) is 66.0 Å². The van der Waals surface area contributed by atoms with Crippen LogP contribution in [0.25, 0.3) is 45.6 Å². The van der Waals surface area contributed by atoms with Gasteiger partial charge in [-0.1, -0.05) is 0 Å². The molecule has 0 bridgehead atoms. The summed E-state index contributed by atoms with van der Waals surface area (Å²) in [4.78, 5) is 0. The van der Waals surface area contributed by atoms with Gasteiger partial charge in [-0.15, -0.1) is 0 Å². The average Bonchev–Trinajstić information content (AvgIpc) is 3.90. The number of halogens is 2. The van der Waals surface area contributed by atoms with Crippen LogP contribution in [0, 0.1) is 13.8 Å². The second-order valence-corrected chi connectivity index (χ2v) is 30.1. The summed E-state index contributed by atoms with van der Waals surface area (Å²) in [5.41, 5.74) is 13.4. The first kappa shape index (κ1) is 39.5. The molecule has 2 unspecified atom stereocenters. The molecular weight excluding hydrogens is 803 g/mol. The molecule has 53 heavy (non-hydrogen) atoms. The minimum atomic E-state index is -1.39. The van der Waals surface area contributed by atoms with E-state index in [1.807, 2.05) is 0 Å². The van der Waals surface area contributed by atoms with Gasteiger partial charge in [-0.25, -0.2) is 0 Å². The van der Waals surface area contributed by atoms with Crippen molar-refractivity contribution in [2.24, 2.45) is 0 Å². The summed E-state index contributed by atoms with van der Waals surface area (Å²) in [6, 6.07) is 41.3. The van der Waals surface area contributed by atoms with E-state index in [-0.39, 0.29) is 24.8 Å². The maximum Gasteiger partial charge on any atom is -1.00 e. The van der Waals surface area contributed by atoms with Crippen LogP contribution in [0.4, 0.5) is 0 Å². The van der Waals surface area contributed by atoms with Gasteiger partial charge in [0.15, 0.2) is 0 Å². The van der Waals surface area contributed by atoms with Gasteiger partial charge in [0.05, 0.1) is 0 Å². The Kier molecular flexibility index (Phi) is 11.3. The zero-order chi connectivity index (χ0) is 35.7. The maximum absolute atomic E-state index is 6.42. The van der Waals surface area contributed by atoms with Crippen molar-refractivity contribution in [3.05, 3.63) is 154 Å². The summed E-state index contributed by atoms with van der Waals surface area (Å²) in [6.07, 6.45) is 4.90. The predicted molar refractivity (Wildman–Crippen MR) is 218 cm³/mol. The quantitative estimate of drug-likeness (QED) is 0.179. The molecule has 0 saturated carbocycles. The topological polar surface area (TPSA) is 26.3 Å². The third kappa shape index (κ3) is 7.58. The van der Waals surface area contributed by atoms with Gasteiger partial charge in [0, 0.05) is 0 Å². The molecule has 0 amide bonds. The maximum atomic E-state index is 6.42. The van der Waals surface area contributed by atoms with E-state index in [0.717, 1.165) is 23.0 Å². The van der Waals surface area contributed by atoms with Crippen molar-refractivity contribution in [3.8, 4) is 22.3 Å². The molecule has 7 heteroatoms. The SMILES string of the molecule is Cc1ccc(C2=Cc3c(-c4ccc([Si](C)(C)C)cc4)cccc3[CH]2[Zr+2][CH]2C(c3ccc(C)o3)=Cc3c(-c4ccc([Si](C)(C)C)cc4)cccc32)o1.[Cl-].[Cl-]. The standard InChI is InChI=1S/2C23H23OSi.2ClH.Zr/c2*1-16-8-13-23(24-16)19-14-18-6-5-7-21(22(18)15-19)17-9-11-20(12-10-17)25(2,3)4;;;/h2*5-15H,1-4H3;2*1H;/q;;;;+2/p-2. The first-order chi connectivity index (χ1) is 24.3. The first-order valence-electron chi connectivity index (χ1n) is 18.2. The zero-order valence-corrected chi connectivity index (χ0v) is 37.7. The van der Waals surface area contributed by atoms with Crippen LogP contribution in [0.1, 0.15) is 52.5 Å². The van der Waals surface area contributed by atoms with E-state index < -0.39 is 39.4 Å². The van der Waals surface area contributed by atoms with Crippen molar-refractivity contribution in [2.45, 2.75) is 60.4 Å². The van der Waals surface area contributed by atoms with Gasteiger partial charge < -0.3 is 24.8 Å². The second-order valence-electron chi connectivity index (χ2n) is 16.3. The van der Waals surface area contributed by atoms with E-state index in [9.17, 15) is 0 Å². The largest absolute Gasteiger partial charge is 1.00 e. The number of rotatable bonds is 8. The summed E-state index contributed by atoms with van der Waals surface area (Å²) in [6.45, 7) is 18.6. The molecule has 2 atom stereocenters. The number of allylic oxidation sites excluding steroid dienone is 2. The van der Waals surface area contributed by atoms with Gasteiger partial charge in [0.1, 0.15) is 0 Å². The molecular formula is C46H46Cl2O2Si2Zr. The Labute approximate surface area is 341 Å². The zero-order valence-electron chi connectivity index (χ0n) is 31.8. The molecule has 2 aliphatic carbocycles. The fourth-order valence-electron chi connectivity index (χ4n) is 7.74. The smallest absolute Gasteiger partial charge is 1.00 e. The van der Waals surface area contributed by atoms with Crippen LogP contribution < -0.4 is 35.2 Å². The molecule has 8 rings (SSSR count). The third-order valence-corrected chi connectivity index (χ3v) is 19.5. The number of fused-ring (bicyclic) bond motifs is 2. The fourth-order valence-corrected chi connectivity index (χ4v) is 15.0. The molecule has 0 aliphatic heterocycles. The summed E-state index contributed by atoms with van der Waals surface area (Å²) in [7, 11) is -2.78. The number of benzene rings is 4. The van der Waals surface area contributed by atoms with Crippen LogP contribution in [-0.4, -0.2) is 16.1 Å². The van der Waals surface area contributed by atoms with Gasteiger partial charge in [-0.2, -0.15) is 0 Å². The molecule has 2 aliphatic rings. The molecule has 2 aromatic heterocycles. The number of hydrogen-bond acceptors (Lipinski definition) is 2. The summed E-state index contributed by atoms with van der Waals surface area (Å²) < 4.78 is 13.5. The van der Waals surface area contributed by atoms with Crippen LogP contribution in [0.5, 0.6) is 0 Å². The molecule has 0 fully saturated rings. The number of furan rings is 2. The van der Waals surface area contributed by atoms with Gasteiger partial charge in [-0.05, 0) is 0 Å². The van der Waals surface area contributed by atoms with Gasteiger partial charge in [0.25, 0.3) is 0 Å². The molecule has 0 saturated heterocycles. The van der Waals surface area contributed by atoms with Crippen molar-refractivity contribution >= 4 is 49.8 Å². The van der Waals surface area contributed by atoms with E-state index in [0.29, 0.717) is 7.25 Å². The van der Waals surface area contributed by atoms with Crippen molar-refractivity contribution in [1.82, 2.24) is 0 Å². The van der Waals surface area contributed by atoms with Crippen molar-refractivity contribution in [1.29, 1.82) is 0 Å². The minimum Gasteiger partial charge on any atom is -1.00 e. The Balaban J connectivity index is 0.00000240. The van der Waals surface area contributed by atoms with Gasteiger partial charge >= 0.3 is 319 Å². The van der Waals surface area contributed by atoms with Crippen LogP contribution in [0.15, 0.2) is 118 Å². The van der Waals surface area contributed by atoms with E-state index in [1.54, 1.807) is 0 Å². The Bertz CT molecular complexity index is 2170. The average molecular weight is 849 g/mol. The number of hydrogen-bond donors (Lipinski definition) is 0. The van der Waals surface area contributed by atoms with Crippen LogP contribution >= 0.6 is 0 Å². The van der Waals surface area contributed by atoms with Crippen LogP contribution in [-0.2, 0) is 23.2 Å². The molecule has 0 radical (unpaired) electrons. The van der Waals surface area contributed by atoms with Crippen molar-refractivity contribution in [3.63, 3.8) is 0 Å². The normalized spacial score (nSPS) is 16.2. The van der Waals surface area contributed by atoms with Crippen molar-refractivity contribution in [2.75, 3.05) is 0 Å². The summed E-state index contributed by atoms with van der Waals surface area (Å²) >= 11 is -1.31. The van der Waals surface area contributed by atoms with E-state index >= 15 is 0 Å². The number of aryl methyl sites for hydroxylation is 2. The Morgan fingerprint density at radius 1 is 0.472 bits per heavy atom. The monoisotopic (exact) mass is 846 g/mol.